The van der Waals surface area contributed by atoms with Crippen molar-refractivity contribution in [1.82, 2.24) is 0 Å². The molecule has 0 aliphatic heterocycles. The second-order valence-corrected chi connectivity index (χ2v) is 7.14. The number of anilines is 2. The van der Waals surface area contributed by atoms with Gasteiger partial charge in [0.15, 0.2) is 4.21 Å². The summed E-state index contributed by atoms with van der Waals surface area (Å²) in [5, 5.41) is 4.70. The standard InChI is InChI=1S/C11H11BrN2O2S2/c1-13-8-2-4-9(5-3-8)14-18(15,16)11-10(12)6-7-17-11/h2-7,13-14H,1H3. The highest BCUT2D eigenvalue weighted by Gasteiger charge is 2.19. The fourth-order valence-electron chi connectivity index (χ4n) is 1.38. The molecule has 0 amide bonds. The van der Waals surface area contributed by atoms with Gasteiger partial charge in [-0.3, -0.25) is 4.72 Å². The summed E-state index contributed by atoms with van der Waals surface area (Å²) < 4.78 is 27.6. The Labute approximate surface area is 118 Å². The molecule has 18 heavy (non-hydrogen) atoms. The minimum atomic E-state index is -3.52. The molecule has 0 atom stereocenters. The summed E-state index contributed by atoms with van der Waals surface area (Å²) in [6, 6.07) is 8.75. The van der Waals surface area contributed by atoms with Gasteiger partial charge in [0.05, 0.1) is 0 Å². The van der Waals surface area contributed by atoms with Gasteiger partial charge in [-0.1, -0.05) is 0 Å². The van der Waals surface area contributed by atoms with E-state index in [0.29, 0.717) is 10.2 Å². The van der Waals surface area contributed by atoms with Gasteiger partial charge in [-0.25, -0.2) is 8.42 Å². The maximum absolute atomic E-state index is 12.1. The normalized spacial score (nSPS) is 11.2. The van der Waals surface area contributed by atoms with Gasteiger partial charge in [0, 0.05) is 22.9 Å². The van der Waals surface area contributed by atoms with Gasteiger partial charge in [0.25, 0.3) is 10.0 Å². The van der Waals surface area contributed by atoms with Crippen LogP contribution in [-0.2, 0) is 10.0 Å². The summed E-state index contributed by atoms with van der Waals surface area (Å²) in [6.45, 7) is 0. The van der Waals surface area contributed by atoms with E-state index in [2.05, 4.69) is 26.0 Å². The third-order valence-electron chi connectivity index (χ3n) is 2.25. The molecule has 0 saturated heterocycles. The molecule has 1 heterocycles. The van der Waals surface area contributed by atoms with Crippen LogP contribution in [0.3, 0.4) is 0 Å². The van der Waals surface area contributed by atoms with Gasteiger partial charge in [-0.15, -0.1) is 11.3 Å². The van der Waals surface area contributed by atoms with Gasteiger partial charge < -0.3 is 5.32 Å². The molecular weight excluding hydrogens is 336 g/mol. The van der Waals surface area contributed by atoms with Gasteiger partial charge in [0.2, 0.25) is 0 Å². The molecule has 96 valence electrons. The third-order valence-corrected chi connectivity index (χ3v) is 6.31. The van der Waals surface area contributed by atoms with Crippen molar-refractivity contribution in [2.75, 3.05) is 17.1 Å². The van der Waals surface area contributed by atoms with Crippen LogP contribution in [0.5, 0.6) is 0 Å². The molecule has 0 fully saturated rings. The first kappa shape index (κ1) is 13.4. The fraction of sp³-hybridized carbons (Fsp3) is 0.0909. The summed E-state index contributed by atoms with van der Waals surface area (Å²) in [6.07, 6.45) is 0. The number of sulfonamides is 1. The van der Waals surface area contributed by atoms with Crippen LogP contribution >= 0.6 is 27.3 Å². The van der Waals surface area contributed by atoms with E-state index < -0.39 is 10.0 Å². The molecule has 1 aromatic carbocycles. The molecule has 2 rings (SSSR count). The Kier molecular flexibility index (Phi) is 3.94. The van der Waals surface area contributed by atoms with Crippen LogP contribution < -0.4 is 10.0 Å². The van der Waals surface area contributed by atoms with E-state index in [4.69, 9.17) is 0 Å². The van der Waals surface area contributed by atoms with Crippen molar-refractivity contribution >= 4 is 48.7 Å². The maximum Gasteiger partial charge on any atom is 0.272 e. The summed E-state index contributed by atoms with van der Waals surface area (Å²) in [4.78, 5) is 0. The van der Waals surface area contributed by atoms with Crippen LogP contribution in [0, 0.1) is 0 Å². The minimum Gasteiger partial charge on any atom is -0.388 e. The Hall–Kier alpha value is -1.05. The van der Waals surface area contributed by atoms with Crippen LogP contribution in [-0.4, -0.2) is 15.5 Å². The zero-order valence-electron chi connectivity index (χ0n) is 9.48. The first-order valence-corrected chi connectivity index (χ1v) is 8.22. The van der Waals surface area contributed by atoms with E-state index >= 15 is 0 Å². The SMILES string of the molecule is CNc1ccc(NS(=O)(=O)c2sccc2Br)cc1. The highest BCUT2D eigenvalue weighted by molar-refractivity contribution is 9.10. The molecule has 0 radical (unpaired) electrons. The van der Waals surface area contributed by atoms with Crippen molar-refractivity contribution in [2.45, 2.75) is 4.21 Å². The molecule has 0 aliphatic rings. The number of hydrogen-bond donors (Lipinski definition) is 2. The Morgan fingerprint density at radius 1 is 1.11 bits per heavy atom. The average Bonchev–Trinajstić information content (AvgIpc) is 2.77. The average molecular weight is 347 g/mol. The summed E-state index contributed by atoms with van der Waals surface area (Å²) in [7, 11) is -1.71. The first-order valence-electron chi connectivity index (χ1n) is 5.06. The molecule has 2 aromatic rings. The van der Waals surface area contributed by atoms with Crippen LogP contribution in [0.1, 0.15) is 0 Å². The smallest absolute Gasteiger partial charge is 0.272 e. The quantitative estimate of drug-likeness (QED) is 0.892. The van der Waals surface area contributed by atoms with Gasteiger partial charge >= 0.3 is 0 Å². The van der Waals surface area contributed by atoms with E-state index in [1.807, 2.05) is 7.05 Å². The van der Waals surface area contributed by atoms with E-state index in [0.717, 1.165) is 5.69 Å². The Morgan fingerprint density at radius 2 is 1.72 bits per heavy atom. The van der Waals surface area contributed by atoms with Crippen LogP contribution in [0.15, 0.2) is 44.4 Å². The monoisotopic (exact) mass is 346 g/mol. The van der Waals surface area contributed by atoms with Crippen molar-refractivity contribution in [3.8, 4) is 0 Å². The van der Waals surface area contributed by atoms with Gasteiger partial charge in [-0.2, -0.15) is 0 Å². The predicted octanol–water partition coefficient (Wildman–Crippen LogP) is 3.35. The molecule has 0 aliphatic carbocycles. The lowest BCUT2D eigenvalue weighted by Crippen LogP contribution is -2.11. The molecule has 0 spiro atoms. The van der Waals surface area contributed by atoms with Crippen molar-refractivity contribution < 1.29 is 8.42 Å². The minimum absolute atomic E-state index is 0.278. The lowest BCUT2D eigenvalue weighted by Gasteiger charge is -2.07. The lowest BCUT2D eigenvalue weighted by atomic mass is 10.3. The Balaban J connectivity index is 2.25. The third kappa shape index (κ3) is 2.85. The molecule has 2 N–H and O–H groups in total. The molecule has 0 saturated carbocycles. The Bertz CT molecular complexity index is 635. The highest BCUT2D eigenvalue weighted by atomic mass is 79.9. The zero-order valence-corrected chi connectivity index (χ0v) is 12.7. The van der Waals surface area contributed by atoms with Crippen LogP contribution in [0.25, 0.3) is 0 Å². The van der Waals surface area contributed by atoms with Crippen molar-refractivity contribution in [3.63, 3.8) is 0 Å². The van der Waals surface area contributed by atoms with Crippen LogP contribution in [0.2, 0.25) is 0 Å². The molecular formula is C11H11BrN2O2S2. The Morgan fingerprint density at radius 3 is 2.22 bits per heavy atom. The van der Waals surface area contributed by atoms with Gasteiger partial charge in [-0.05, 0) is 51.6 Å². The second kappa shape index (κ2) is 5.29. The van der Waals surface area contributed by atoms with Gasteiger partial charge in [0.1, 0.15) is 0 Å². The number of rotatable bonds is 4. The maximum atomic E-state index is 12.1. The fourth-order valence-corrected chi connectivity index (χ4v) is 4.78. The number of thiophene rings is 1. The number of hydrogen-bond acceptors (Lipinski definition) is 4. The number of nitrogens with one attached hydrogen (secondary N) is 2. The zero-order chi connectivity index (χ0) is 13.2. The van der Waals surface area contributed by atoms with E-state index in [9.17, 15) is 8.42 Å². The molecule has 0 unspecified atom stereocenters. The summed E-state index contributed by atoms with van der Waals surface area (Å²) >= 11 is 4.39. The van der Waals surface area contributed by atoms with Crippen molar-refractivity contribution in [3.05, 3.63) is 40.2 Å². The molecule has 7 heteroatoms. The lowest BCUT2D eigenvalue weighted by molar-refractivity contribution is 0.603. The number of benzene rings is 1. The molecule has 1 aromatic heterocycles. The van der Waals surface area contributed by atoms with E-state index in [-0.39, 0.29) is 4.21 Å². The molecule has 4 nitrogen and oxygen atoms in total. The van der Waals surface area contributed by atoms with Crippen molar-refractivity contribution in [1.29, 1.82) is 0 Å². The predicted molar refractivity (Wildman–Crippen MR) is 78.8 cm³/mol. The van der Waals surface area contributed by atoms with Crippen LogP contribution in [0.4, 0.5) is 11.4 Å². The van der Waals surface area contributed by atoms with E-state index in [1.54, 1.807) is 35.7 Å². The summed E-state index contributed by atoms with van der Waals surface area (Å²) in [5.41, 5.74) is 1.46. The second-order valence-electron chi connectivity index (χ2n) is 3.49. The largest absolute Gasteiger partial charge is 0.388 e. The summed E-state index contributed by atoms with van der Waals surface area (Å²) in [5.74, 6) is 0. The first-order chi connectivity index (χ1) is 8.53. The number of halogens is 1. The highest BCUT2D eigenvalue weighted by Crippen LogP contribution is 2.29. The van der Waals surface area contributed by atoms with E-state index in [1.165, 1.54) is 11.3 Å². The topological polar surface area (TPSA) is 58.2 Å². The molecule has 0 bridgehead atoms. The van der Waals surface area contributed by atoms with Crippen molar-refractivity contribution in [2.24, 2.45) is 0 Å².